The molecule has 28 heavy (non-hydrogen) atoms. The van der Waals surface area contributed by atoms with Gasteiger partial charge in [-0.3, -0.25) is 4.79 Å². The largest absolute Gasteiger partial charge is 0.394 e. The first kappa shape index (κ1) is 20.9. The fourth-order valence-corrected chi connectivity index (χ4v) is 4.22. The maximum absolute atomic E-state index is 13.2. The number of halogens is 4. The maximum Gasteiger partial charge on any atom is 0.268 e. The summed E-state index contributed by atoms with van der Waals surface area (Å²) in [5.41, 5.74) is 9.07. The molecule has 1 saturated heterocycles. The number of thioether (sulfide) groups is 1. The van der Waals surface area contributed by atoms with Crippen molar-refractivity contribution in [3.8, 4) is 0 Å². The zero-order valence-electron chi connectivity index (χ0n) is 14.4. The van der Waals surface area contributed by atoms with E-state index >= 15 is 0 Å². The van der Waals surface area contributed by atoms with E-state index in [-0.39, 0.29) is 11.5 Å². The predicted molar refractivity (Wildman–Crippen MR) is 117 cm³/mol. The van der Waals surface area contributed by atoms with Gasteiger partial charge in [0.1, 0.15) is 5.82 Å². The highest BCUT2D eigenvalue weighted by Crippen LogP contribution is 2.33. The molecular weight excluding hydrogens is 442 g/mol. The molecule has 3 nitrogen and oxygen atoms in total. The van der Waals surface area contributed by atoms with Gasteiger partial charge in [-0.2, -0.15) is 11.8 Å². The van der Waals surface area contributed by atoms with Gasteiger partial charge in [0.2, 0.25) is 0 Å². The Morgan fingerprint density at radius 1 is 1.14 bits per heavy atom. The molecule has 3 rings (SSSR count). The molecule has 0 aliphatic carbocycles. The maximum atomic E-state index is 13.2. The van der Waals surface area contributed by atoms with Crippen molar-refractivity contribution in [2.24, 2.45) is 10.7 Å². The van der Waals surface area contributed by atoms with E-state index in [1.165, 1.54) is 12.1 Å². The fourth-order valence-electron chi connectivity index (χ4n) is 2.62. The number of nitrogens with zero attached hydrogens (tertiary/aromatic N) is 1. The van der Waals surface area contributed by atoms with Crippen LogP contribution >= 0.6 is 46.6 Å². The molecule has 2 aromatic carbocycles. The average molecular weight is 456 g/mol. The Labute approximate surface area is 181 Å². The average Bonchev–Trinajstić information content (AvgIpc) is 2.66. The summed E-state index contributed by atoms with van der Waals surface area (Å²) in [5.74, 6) is 0.795. The lowest BCUT2D eigenvalue weighted by atomic mass is 9.99. The van der Waals surface area contributed by atoms with Gasteiger partial charge in [0.25, 0.3) is 5.24 Å². The van der Waals surface area contributed by atoms with Crippen molar-refractivity contribution in [1.29, 1.82) is 0 Å². The van der Waals surface area contributed by atoms with Gasteiger partial charge in [0.15, 0.2) is 0 Å². The molecule has 0 saturated carbocycles. The monoisotopic (exact) mass is 454 g/mol. The highest BCUT2D eigenvalue weighted by molar-refractivity contribution is 7.99. The van der Waals surface area contributed by atoms with Crippen molar-refractivity contribution in [3.05, 3.63) is 80.7 Å². The minimum atomic E-state index is -0.742. The Morgan fingerprint density at radius 2 is 1.86 bits per heavy atom. The number of carbonyl (C=O) groups is 1. The van der Waals surface area contributed by atoms with Crippen LogP contribution in [0.25, 0.3) is 6.08 Å². The Balaban J connectivity index is 2.17. The Bertz CT molecular complexity index is 1020. The Hall–Kier alpha value is -1.79. The predicted octanol–water partition coefficient (Wildman–Crippen LogP) is 6.01. The van der Waals surface area contributed by atoms with Crippen LogP contribution in [0.5, 0.6) is 0 Å². The zero-order chi connectivity index (χ0) is 20.3. The summed E-state index contributed by atoms with van der Waals surface area (Å²) in [6.45, 7) is 0. The van der Waals surface area contributed by atoms with Crippen LogP contribution in [0.4, 0.5) is 10.1 Å². The number of carbonyl (C=O) groups excluding carboxylic acids is 1. The van der Waals surface area contributed by atoms with Gasteiger partial charge in [0, 0.05) is 22.1 Å². The third kappa shape index (κ3) is 4.97. The molecule has 0 amide bonds. The van der Waals surface area contributed by atoms with E-state index in [9.17, 15) is 9.18 Å². The van der Waals surface area contributed by atoms with E-state index in [2.05, 4.69) is 4.99 Å². The summed E-state index contributed by atoms with van der Waals surface area (Å²) < 4.78 is 13.2. The standard InChI is InChI=1S/C20H14Cl3FN2OS/c21-13-3-6-17(16(22)8-13)26-19-12(7-11-1-4-14(24)5-2-11)9-28-10-15(19)18(25)20(23)27/h1-8H,9-10,25H2/b12-7+,18-15?,26-19?. The molecule has 1 aliphatic rings. The zero-order valence-corrected chi connectivity index (χ0v) is 17.5. The fraction of sp³-hybridized carbons (Fsp3) is 0.100. The number of rotatable bonds is 3. The number of aliphatic imine (C=N–C) groups is 1. The number of allylic oxidation sites excluding steroid dienone is 1. The molecule has 1 fully saturated rings. The van der Waals surface area contributed by atoms with E-state index in [1.807, 2.05) is 6.08 Å². The van der Waals surface area contributed by atoms with E-state index in [0.717, 1.165) is 11.1 Å². The summed E-state index contributed by atoms with van der Waals surface area (Å²) in [7, 11) is 0. The Kier molecular flexibility index (Phi) is 6.83. The molecule has 0 atom stereocenters. The molecule has 2 N–H and O–H groups in total. The highest BCUT2D eigenvalue weighted by atomic mass is 35.5. The van der Waals surface area contributed by atoms with Crippen molar-refractivity contribution < 1.29 is 9.18 Å². The molecule has 1 heterocycles. The summed E-state index contributed by atoms with van der Waals surface area (Å²) >= 11 is 19.4. The Morgan fingerprint density at radius 3 is 2.50 bits per heavy atom. The van der Waals surface area contributed by atoms with Crippen LogP contribution in [0.2, 0.25) is 10.0 Å². The smallest absolute Gasteiger partial charge is 0.268 e. The van der Waals surface area contributed by atoms with Gasteiger partial charge in [-0.1, -0.05) is 35.3 Å². The molecule has 0 aromatic heterocycles. The van der Waals surface area contributed by atoms with Gasteiger partial charge < -0.3 is 5.73 Å². The van der Waals surface area contributed by atoms with Crippen LogP contribution in [0.1, 0.15) is 5.56 Å². The molecule has 0 unspecified atom stereocenters. The second kappa shape index (κ2) is 9.14. The molecule has 8 heteroatoms. The first-order chi connectivity index (χ1) is 13.3. The second-order valence-electron chi connectivity index (χ2n) is 5.94. The minimum absolute atomic E-state index is 0.0530. The van der Waals surface area contributed by atoms with Crippen LogP contribution in [0.15, 0.2) is 64.3 Å². The van der Waals surface area contributed by atoms with E-state index in [1.54, 1.807) is 42.1 Å². The quantitative estimate of drug-likeness (QED) is 0.455. The normalized spacial score (nSPS) is 19.1. The van der Waals surface area contributed by atoms with Crippen LogP contribution in [0, 0.1) is 5.82 Å². The number of nitrogens with two attached hydrogens (primary N) is 1. The van der Waals surface area contributed by atoms with Gasteiger partial charge in [-0.15, -0.1) is 0 Å². The van der Waals surface area contributed by atoms with Crippen molar-refractivity contribution in [2.45, 2.75) is 0 Å². The first-order valence-electron chi connectivity index (χ1n) is 8.12. The summed E-state index contributed by atoms with van der Waals surface area (Å²) in [6, 6.07) is 11.0. The van der Waals surface area contributed by atoms with Gasteiger partial charge in [0.05, 0.1) is 22.1 Å². The summed E-state index contributed by atoms with van der Waals surface area (Å²) in [5, 5.41) is 0.115. The molecule has 1 aliphatic heterocycles. The molecule has 144 valence electrons. The van der Waals surface area contributed by atoms with E-state index in [4.69, 9.17) is 40.5 Å². The molecule has 2 aromatic rings. The minimum Gasteiger partial charge on any atom is -0.394 e. The highest BCUT2D eigenvalue weighted by Gasteiger charge is 2.24. The summed E-state index contributed by atoms with van der Waals surface area (Å²) in [4.78, 5) is 16.3. The third-order valence-corrected chi connectivity index (χ3v) is 5.73. The number of hydrogen-bond donors (Lipinski definition) is 1. The van der Waals surface area contributed by atoms with Crippen molar-refractivity contribution in [1.82, 2.24) is 0 Å². The SMILES string of the molecule is NC(C(=O)Cl)=C1CSC/C(=C\c2ccc(F)cc2)C1=Nc1ccc(Cl)cc1Cl. The first-order valence-corrected chi connectivity index (χ1v) is 10.4. The van der Waals surface area contributed by atoms with Crippen LogP contribution in [-0.2, 0) is 4.79 Å². The van der Waals surface area contributed by atoms with Crippen LogP contribution < -0.4 is 5.73 Å². The number of hydrogen-bond acceptors (Lipinski definition) is 4. The lowest BCUT2D eigenvalue weighted by Gasteiger charge is -2.22. The molecular formula is C20H14Cl3FN2OS. The lowest BCUT2D eigenvalue weighted by Crippen LogP contribution is -2.23. The van der Waals surface area contributed by atoms with Crippen molar-refractivity contribution in [3.63, 3.8) is 0 Å². The van der Waals surface area contributed by atoms with Crippen LogP contribution in [0.3, 0.4) is 0 Å². The van der Waals surface area contributed by atoms with Crippen LogP contribution in [-0.4, -0.2) is 22.5 Å². The van der Waals surface area contributed by atoms with Crippen molar-refractivity contribution in [2.75, 3.05) is 11.5 Å². The number of benzene rings is 2. The van der Waals surface area contributed by atoms with Gasteiger partial charge >= 0.3 is 0 Å². The van der Waals surface area contributed by atoms with Gasteiger partial charge in [-0.05, 0) is 59.1 Å². The lowest BCUT2D eigenvalue weighted by molar-refractivity contribution is -0.108. The second-order valence-corrected chi connectivity index (χ2v) is 8.11. The van der Waals surface area contributed by atoms with E-state index < -0.39 is 5.24 Å². The molecule has 0 spiro atoms. The molecule has 0 radical (unpaired) electrons. The third-order valence-electron chi connectivity index (χ3n) is 3.98. The summed E-state index contributed by atoms with van der Waals surface area (Å²) in [6.07, 6.45) is 1.88. The van der Waals surface area contributed by atoms with E-state index in [0.29, 0.717) is 38.5 Å². The van der Waals surface area contributed by atoms with Crippen molar-refractivity contribution >= 4 is 69.3 Å². The van der Waals surface area contributed by atoms with Gasteiger partial charge in [-0.25, -0.2) is 9.38 Å². The molecule has 0 bridgehead atoms. The topological polar surface area (TPSA) is 55.5 Å².